The minimum absolute atomic E-state index is 0.0603. The van der Waals surface area contributed by atoms with Crippen molar-refractivity contribution in [2.24, 2.45) is 11.3 Å². The van der Waals surface area contributed by atoms with Gasteiger partial charge in [-0.05, 0) is 44.4 Å². The smallest absolute Gasteiger partial charge is 0.119 e. The van der Waals surface area contributed by atoms with Crippen molar-refractivity contribution < 1.29 is 4.74 Å². The van der Waals surface area contributed by atoms with Crippen molar-refractivity contribution in [1.29, 1.82) is 0 Å². The first-order valence-electron chi connectivity index (χ1n) is 7.65. The van der Waals surface area contributed by atoms with Gasteiger partial charge in [0.1, 0.15) is 5.72 Å². The SMILES string of the molecule is CCC1CCCC2(CC1)NCC1(CCC1)CO2. The van der Waals surface area contributed by atoms with Crippen LogP contribution in [0.25, 0.3) is 0 Å². The molecule has 0 aromatic heterocycles. The second-order valence-corrected chi connectivity index (χ2v) is 6.70. The van der Waals surface area contributed by atoms with Gasteiger partial charge in [0.05, 0.1) is 6.61 Å². The summed E-state index contributed by atoms with van der Waals surface area (Å²) < 4.78 is 6.33. The Balaban J connectivity index is 1.59. The summed E-state index contributed by atoms with van der Waals surface area (Å²) in [5.41, 5.74) is 0.590. The summed E-state index contributed by atoms with van der Waals surface area (Å²) in [4.78, 5) is 0. The number of nitrogens with one attached hydrogen (secondary N) is 1. The molecule has 0 aromatic rings. The summed E-state index contributed by atoms with van der Waals surface area (Å²) in [7, 11) is 0. The third kappa shape index (κ3) is 2.26. The van der Waals surface area contributed by atoms with E-state index >= 15 is 0 Å². The highest BCUT2D eigenvalue weighted by molar-refractivity contribution is 4.97. The van der Waals surface area contributed by atoms with Crippen LogP contribution in [0.15, 0.2) is 0 Å². The molecule has 0 bridgehead atoms. The van der Waals surface area contributed by atoms with E-state index in [-0.39, 0.29) is 5.72 Å². The van der Waals surface area contributed by atoms with Gasteiger partial charge in [0.2, 0.25) is 0 Å². The first-order valence-corrected chi connectivity index (χ1v) is 7.65. The molecule has 2 atom stereocenters. The maximum atomic E-state index is 6.33. The molecule has 1 aliphatic heterocycles. The molecule has 0 aromatic carbocycles. The van der Waals surface area contributed by atoms with Crippen molar-refractivity contribution in [2.75, 3.05) is 13.2 Å². The lowest BCUT2D eigenvalue weighted by Crippen LogP contribution is -2.60. The molecule has 2 aliphatic carbocycles. The molecule has 0 radical (unpaired) electrons. The maximum absolute atomic E-state index is 6.33. The van der Waals surface area contributed by atoms with E-state index in [2.05, 4.69) is 12.2 Å². The molecular weight excluding hydrogens is 210 g/mol. The van der Waals surface area contributed by atoms with Gasteiger partial charge in [0.15, 0.2) is 0 Å². The van der Waals surface area contributed by atoms with E-state index in [1.54, 1.807) is 0 Å². The zero-order valence-electron chi connectivity index (χ0n) is 11.3. The molecule has 1 N–H and O–H groups in total. The molecule has 17 heavy (non-hydrogen) atoms. The van der Waals surface area contributed by atoms with E-state index in [4.69, 9.17) is 4.74 Å². The summed E-state index contributed by atoms with van der Waals surface area (Å²) in [5.74, 6) is 0.944. The third-order valence-electron chi connectivity index (χ3n) is 5.58. The second-order valence-electron chi connectivity index (χ2n) is 6.70. The standard InChI is InChI=1S/C15H27NO/c1-2-13-5-3-9-15(10-6-13)16-11-14(12-17-15)7-4-8-14/h13,16H,2-12H2,1H3. The molecular formula is C15H27NO. The molecule has 3 fully saturated rings. The van der Waals surface area contributed by atoms with Crippen molar-refractivity contribution in [3.8, 4) is 0 Å². The lowest BCUT2D eigenvalue weighted by Gasteiger charge is -2.51. The van der Waals surface area contributed by atoms with E-state index in [0.717, 1.165) is 12.5 Å². The fourth-order valence-corrected chi connectivity index (χ4v) is 3.85. The molecule has 2 spiro atoms. The second kappa shape index (κ2) is 4.55. The molecule has 3 aliphatic rings. The van der Waals surface area contributed by atoms with E-state index in [0.29, 0.717) is 5.41 Å². The normalized spacial score (nSPS) is 41.1. The van der Waals surface area contributed by atoms with Gasteiger partial charge in [0, 0.05) is 12.0 Å². The van der Waals surface area contributed by atoms with Crippen LogP contribution in [-0.4, -0.2) is 18.9 Å². The largest absolute Gasteiger partial charge is 0.360 e. The van der Waals surface area contributed by atoms with Crippen molar-refractivity contribution >= 4 is 0 Å². The predicted octanol–water partition coefficient (Wildman–Crippen LogP) is 3.46. The van der Waals surface area contributed by atoms with Gasteiger partial charge in [-0.1, -0.05) is 26.2 Å². The molecule has 2 heteroatoms. The van der Waals surface area contributed by atoms with Crippen molar-refractivity contribution in [1.82, 2.24) is 5.32 Å². The van der Waals surface area contributed by atoms with Gasteiger partial charge in [-0.3, -0.25) is 5.32 Å². The Hall–Kier alpha value is -0.0800. The Morgan fingerprint density at radius 1 is 1.12 bits per heavy atom. The minimum atomic E-state index is 0.0603. The predicted molar refractivity (Wildman–Crippen MR) is 69.8 cm³/mol. The molecule has 2 unspecified atom stereocenters. The van der Waals surface area contributed by atoms with E-state index < -0.39 is 0 Å². The monoisotopic (exact) mass is 237 g/mol. The molecule has 1 saturated heterocycles. The van der Waals surface area contributed by atoms with E-state index in [1.807, 2.05) is 0 Å². The first-order chi connectivity index (χ1) is 8.26. The molecule has 0 amide bonds. The zero-order valence-corrected chi connectivity index (χ0v) is 11.3. The zero-order chi connectivity index (χ0) is 11.8. The van der Waals surface area contributed by atoms with Crippen LogP contribution in [0.5, 0.6) is 0 Å². The molecule has 2 nitrogen and oxygen atoms in total. The average molecular weight is 237 g/mol. The molecule has 98 valence electrons. The average Bonchev–Trinajstić information content (AvgIpc) is 2.51. The molecule has 3 rings (SSSR count). The highest BCUT2D eigenvalue weighted by atomic mass is 16.5. The lowest BCUT2D eigenvalue weighted by molar-refractivity contribution is -0.171. The number of hydrogen-bond donors (Lipinski definition) is 1. The van der Waals surface area contributed by atoms with Crippen LogP contribution in [0, 0.1) is 11.3 Å². The van der Waals surface area contributed by atoms with Crippen molar-refractivity contribution in [3.05, 3.63) is 0 Å². The van der Waals surface area contributed by atoms with Crippen LogP contribution in [0.3, 0.4) is 0 Å². The number of ether oxygens (including phenoxy) is 1. The van der Waals surface area contributed by atoms with Crippen LogP contribution in [0.1, 0.15) is 64.7 Å². The summed E-state index contributed by atoms with van der Waals surface area (Å²) in [6.07, 6.45) is 12.1. The van der Waals surface area contributed by atoms with Gasteiger partial charge >= 0.3 is 0 Å². The highest BCUT2D eigenvalue weighted by Gasteiger charge is 2.46. The van der Waals surface area contributed by atoms with Crippen molar-refractivity contribution in [2.45, 2.75) is 70.4 Å². The van der Waals surface area contributed by atoms with E-state index in [1.165, 1.54) is 64.3 Å². The van der Waals surface area contributed by atoms with E-state index in [9.17, 15) is 0 Å². The van der Waals surface area contributed by atoms with Crippen LogP contribution in [-0.2, 0) is 4.74 Å². The topological polar surface area (TPSA) is 21.3 Å². The van der Waals surface area contributed by atoms with Crippen LogP contribution >= 0.6 is 0 Å². The van der Waals surface area contributed by atoms with Crippen molar-refractivity contribution in [3.63, 3.8) is 0 Å². The van der Waals surface area contributed by atoms with Crippen LogP contribution in [0.2, 0.25) is 0 Å². The first kappa shape index (κ1) is 12.0. The Kier molecular flexibility index (Phi) is 3.20. The van der Waals surface area contributed by atoms with Gasteiger partial charge < -0.3 is 4.74 Å². The van der Waals surface area contributed by atoms with Gasteiger partial charge in [0.25, 0.3) is 0 Å². The lowest BCUT2D eigenvalue weighted by atomic mass is 9.68. The fraction of sp³-hybridized carbons (Fsp3) is 1.00. The maximum Gasteiger partial charge on any atom is 0.119 e. The Labute approximate surface area is 105 Å². The van der Waals surface area contributed by atoms with Crippen LogP contribution in [0.4, 0.5) is 0 Å². The Bertz CT molecular complexity index is 262. The summed E-state index contributed by atoms with van der Waals surface area (Å²) in [6.45, 7) is 4.57. The summed E-state index contributed by atoms with van der Waals surface area (Å²) >= 11 is 0. The highest BCUT2D eigenvalue weighted by Crippen LogP contribution is 2.46. The fourth-order valence-electron chi connectivity index (χ4n) is 3.85. The third-order valence-corrected chi connectivity index (χ3v) is 5.58. The molecule has 2 saturated carbocycles. The quantitative estimate of drug-likeness (QED) is 0.754. The van der Waals surface area contributed by atoms with Crippen LogP contribution < -0.4 is 5.32 Å². The van der Waals surface area contributed by atoms with Gasteiger partial charge in [-0.25, -0.2) is 0 Å². The Morgan fingerprint density at radius 3 is 2.59 bits per heavy atom. The summed E-state index contributed by atoms with van der Waals surface area (Å²) in [6, 6.07) is 0. The summed E-state index contributed by atoms with van der Waals surface area (Å²) in [5, 5.41) is 3.79. The van der Waals surface area contributed by atoms with Gasteiger partial charge in [-0.15, -0.1) is 0 Å². The minimum Gasteiger partial charge on any atom is -0.360 e. The Morgan fingerprint density at radius 2 is 2.00 bits per heavy atom. The number of hydrogen-bond acceptors (Lipinski definition) is 2. The molecule has 1 heterocycles. The van der Waals surface area contributed by atoms with Gasteiger partial charge in [-0.2, -0.15) is 0 Å². The number of rotatable bonds is 1.